The summed E-state index contributed by atoms with van der Waals surface area (Å²) < 4.78 is 7.27. The Balaban J connectivity index is 1.42. The smallest absolute Gasteiger partial charge is 0.228 e. The minimum atomic E-state index is -0.244. The van der Waals surface area contributed by atoms with Crippen LogP contribution in [0.4, 0.5) is 0 Å². The van der Waals surface area contributed by atoms with Gasteiger partial charge in [-0.15, -0.1) is 0 Å². The number of hydrogen-bond acceptors (Lipinski definition) is 3. The van der Waals surface area contributed by atoms with E-state index in [1.165, 1.54) is 5.69 Å². The molecule has 0 spiro atoms. The molecule has 3 heterocycles. The van der Waals surface area contributed by atoms with Gasteiger partial charge in [0, 0.05) is 45.0 Å². The Bertz CT molecular complexity index is 858. The number of aromatic nitrogens is 1. The second kappa shape index (κ2) is 7.70. The van der Waals surface area contributed by atoms with Gasteiger partial charge in [-0.3, -0.25) is 9.59 Å². The van der Waals surface area contributed by atoms with Crippen molar-refractivity contribution < 1.29 is 14.3 Å². The molecule has 0 saturated carbocycles. The zero-order chi connectivity index (χ0) is 19.7. The predicted molar refractivity (Wildman–Crippen MR) is 106 cm³/mol. The van der Waals surface area contributed by atoms with Gasteiger partial charge in [0.05, 0.1) is 19.1 Å². The molecule has 0 radical (unpaired) electrons. The molecule has 0 N–H and O–H groups in total. The summed E-state index contributed by atoms with van der Waals surface area (Å²) in [4.78, 5) is 29.5. The van der Waals surface area contributed by atoms with E-state index in [1.807, 2.05) is 48.5 Å². The quantitative estimate of drug-likeness (QED) is 0.800. The fourth-order valence-electron chi connectivity index (χ4n) is 4.43. The molecule has 0 aliphatic carbocycles. The van der Waals surface area contributed by atoms with Crippen molar-refractivity contribution in [2.24, 2.45) is 13.0 Å². The zero-order valence-electron chi connectivity index (χ0n) is 16.5. The first-order valence-corrected chi connectivity index (χ1v) is 9.89. The Kier molecular flexibility index (Phi) is 5.11. The number of carbonyl (C=O) groups is 2. The van der Waals surface area contributed by atoms with Crippen molar-refractivity contribution in [3.8, 4) is 5.75 Å². The largest absolute Gasteiger partial charge is 0.497 e. The van der Waals surface area contributed by atoms with Crippen molar-refractivity contribution in [3.05, 3.63) is 53.9 Å². The van der Waals surface area contributed by atoms with Crippen LogP contribution in [0.15, 0.2) is 42.6 Å². The van der Waals surface area contributed by atoms with Crippen LogP contribution in [0.2, 0.25) is 0 Å². The minimum Gasteiger partial charge on any atom is -0.497 e. The average molecular weight is 381 g/mol. The number of ether oxygens (including phenoxy) is 1. The summed E-state index contributed by atoms with van der Waals surface area (Å²) in [5, 5.41) is 0. The van der Waals surface area contributed by atoms with Crippen LogP contribution >= 0.6 is 0 Å². The Morgan fingerprint density at radius 2 is 2.00 bits per heavy atom. The van der Waals surface area contributed by atoms with Crippen molar-refractivity contribution in [3.63, 3.8) is 0 Å². The highest BCUT2D eigenvalue weighted by Gasteiger charge is 2.40. The molecule has 2 aromatic rings. The molecule has 2 atom stereocenters. The first-order valence-electron chi connectivity index (χ1n) is 9.89. The monoisotopic (exact) mass is 381 g/mol. The molecule has 4 rings (SSSR count). The standard InChI is InChI=1S/C22H27N3O3/c1-23-11-3-5-19(23)20-6-4-12-25(20)22(27)17-13-21(26)24(15-17)14-16-7-9-18(28-2)10-8-16/h3,5,7-11,17,20H,4,6,12-15H2,1-2H3. The molecular formula is C22H27N3O3. The minimum absolute atomic E-state index is 0.0591. The molecule has 1 aromatic carbocycles. The lowest BCUT2D eigenvalue weighted by Gasteiger charge is -2.28. The highest BCUT2D eigenvalue weighted by Crippen LogP contribution is 2.34. The van der Waals surface area contributed by atoms with E-state index in [0.717, 1.165) is 30.7 Å². The van der Waals surface area contributed by atoms with Crippen LogP contribution in [0.3, 0.4) is 0 Å². The number of aryl methyl sites for hydroxylation is 1. The van der Waals surface area contributed by atoms with Gasteiger partial charge in [-0.2, -0.15) is 0 Å². The fraction of sp³-hybridized carbons (Fsp3) is 0.455. The lowest BCUT2D eigenvalue weighted by Crippen LogP contribution is -2.37. The lowest BCUT2D eigenvalue weighted by molar-refractivity contribution is -0.136. The third kappa shape index (κ3) is 3.51. The predicted octanol–water partition coefficient (Wildman–Crippen LogP) is 2.75. The van der Waals surface area contributed by atoms with Gasteiger partial charge < -0.3 is 19.1 Å². The van der Waals surface area contributed by atoms with Crippen LogP contribution in [0, 0.1) is 5.92 Å². The van der Waals surface area contributed by atoms with Crippen molar-refractivity contribution in [2.75, 3.05) is 20.2 Å². The Morgan fingerprint density at radius 3 is 2.68 bits per heavy atom. The van der Waals surface area contributed by atoms with E-state index in [-0.39, 0.29) is 23.8 Å². The van der Waals surface area contributed by atoms with Crippen LogP contribution in [0.25, 0.3) is 0 Å². The topological polar surface area (TPSA) is 54.8 Å². The van der Waals surface area contributed by atoms with Gasteiger partial charge in [0.2, 0.25) is 11.8 Å². The second-order valence-corrected chi connectivity index (χ2v) is 7.76. The maximum Gasteiger partial charge on any atom is 0.228 e. The molecule has 2 fully saturated rings. The van der Waals surface area contributed by atoms with Crippen LogP contribution in [-0.2, 0) is 23.2 Å². The molecule has 2 saturated heterocycles. The number of likely N-dealkylation sites (tertiary alicyclic amines) is 2. The normalized spacial score (nSPS) is 22.1. The molecule has 6 heteroatoms. The van der Waals surface area contributed by atoms with Crippen molar-refractivity contribution in [1.82, 2.24) is 14.4 Å². The Morgan fingerprint density at radius 1 is 1.21 bits per heavy atom. The van der Waals surface area contributed by atoms with Crippen molar-refractivity contribution >= 4 is 11.8 Å². The molecule has 0 bridgehead atoms. The van der Waals surface area contributed by atoms with Gasteiger partial charge >= 0.3 is 0 Å². The van der Waals surface area contributed by atoms with Gasteiger partial charge in [0.15, 0.2) is 0 Å². The van der Waals surface area contributed by atoms with Crippen molar-refractivity contribution in [2.45, 2.75) is 31.8 Å². The molecule has 1 aromatic heterocycles. The van der Waals surface area contributed by atoms with E-state index in [0.29, 0.717) is 19.5 Å². The Hall–Kier alpha value is -2.76. The third-order valence-electron chi connectivity index (χ3n) is 5.96. The van der Waals surface area contributed by atoms with E-state index < -0.39 is 0 Å². The van der Waals surface area contributed by atoms with Crippen molar-refractivity contribution in [1.29, 1.82) is 0 Å². The molecular weight excluding hydrogens is 354 g/mol. The highest BCUT2D eigenvalue weighted by atomic mass is 16.5. The molecule has 2 aliphatic heterocycles. The van der Waals surface area contributed by atoms with Crippen LogP contribution in [0.5, 0.6) is 5.75 Å². The summed E-state index contributed by atoms with van der Waals surface area (Å²) in [7, 11) is 3.66. The number of nitrogens with zero attached hydrogens (tertiary/aromatic N) is 3. The number of benzene rings is 1. The fourth-order valence-corrected chi connectivity index (χ4v) is 4.43. The summed E-state index contributed by atoms with van der Waals surface area (Å²) in [6.45, 7) is 1.81. The number of carbonyl (C=O) groups excluding carboxylic acids is 2. The molecule has 2 aliphatic rings. The number of rotatable bonds is 5. The highest BCUT2D eigenvalue weighted by molar-refractivity contribution is 5.89. The summed E-state index contributed by atoms with van der Waals surface area (Å²) in [5.41, 5.74) is 2.22. The molecule has 6 nitrogen and oxygen atoms in total. The van der Waals surface area contributed by atoms with E-state index in [2.05, 4.69) is 10.6 Å². The molecule has 2 unspecified atom stereocenters. The molecule has 148 valence electrons. The SMILES string of the molecule is COc1ccc(CN2CC(C(=O)N3CCCC3c3cccn3C)CC2=O)cc1. The molecule has 2 amide bonds. The lowest BCUT2D eigenvalue weighted by atomic mass is 10.1. The first-order chi connectivity index (χ1) is 13.6. The van der Waals surface area contributed by atoms with Crippen LogP contribution in [-0.4, -0.2) is 46.4 Å². The van der Waals surface area contributed by atoms with Gasteiger partial charge in [0.1, 0.15) is 5.75 Å². The van der Waals surface area contributed by atoms with Gasteiger partial charge in [-0.1, -0.05) is 12.1 Å². The van der Waals surface area contributed by atoms with E-state index in [4.69, 9.17) is 4.74 Å². The van der Waals surface area contributed by atoms with Crippen LogP contribution in [0.1, 0.15) is 36.6 Å². The van der Waals surface area contributed by atoms with E-state index >= 15 is 0 Å². The summed E-state index contributed by atoms with van der Waals surface area (Å²) in [6.07, 6.45) is 4.33. The van der Waals surface area contributed by atoms with Crippen LogP contribution < -0.4 is 4.74 Å². The van der Waals surface area contributed by atoms with E-state index in [1.54, 1.807) is 12.0 Å². The van der Waals surface area contributed by atoms with Gasteiger partial charge in [0.25, 0.3) is 0 Å². The third-order valence-corrected chi connectivity index (χ3v) is 5.96. The summed E-state index contributed by atoms with van der Waals surface area (Å²) in [6, 6.07) is 12.0. The second-order valence-electron chi connectivity index (χ2n) is 7.76. The average Bonchev–Trinajstić information content (AvgIpc) is 3.42. The number of methoxy groups -OCH3 is 1. The van der Waals surface area contributed by atoms with Gasteiger partial charge in [-0.25, -0.2) is 0 Å². The zero-order valence-corrected chi connectivity index (χ0v) is 16.5. The maximum atomic E-state index is 13.2. The first kappa shape index (κ1) is 18.6. The summed E-state index contributed by atoms with van der Waals surface area (Å²) in [5.74, 6) is 0.731. The maximum absolute atomic E-state index is 13.2. The van der Waals surface area contributed by atoms with Gasteiger partial charge in [-0.05, 0) is 42.7 Å². The van der Waals surface area contributed by atoms with E-state index in [9.17, 15) is 9.59 Å². The number of hydrogen-bond donors (Lipinski definition) is 0. The summed E-state index contributed by atoms with van der Waals surface area (Å²) >= 11 is 0. The molecule has 28 heavy (non-hydrogen) atoms. The number of amides is 2. The Labute approximate surface area is 165 Å².